The summed E-state index contributed by atoms with van der Waals surface area (Å²) < 4.78 is 0. The summed E-state index contributed by atoms with van der Waals surface area (Å²) in [4.78, 5) is 0.373. The number of phenols is 1. The molecule has 0 fully saturated rings. The highest BCUT2D eigenvalue weighted by Gasteiger charge is 2.40. The molecule has 0 saturated heterocycles. The number of para-hydroxylation sites is 1. The maximum absolute atomic E-state index is 10.2. The average Bonchev–Trinajstić information content (AvgIpc) is 2.78. The van der Waals surface area contributed by atoms with E-state index in [1.165, 1.54) is 11.8 Å². The van der Waals surface area contributed by atoms with Gasteiger partial charge in [0.2, 0.25) is 0 Å². The van der Waals surface area contributed by atoms with Crippen LogP contribution in [0, 0.1) is 6.92 Å². The van der Waals surface area contributed by atoms with Gasteiger partial charge in [-0.05, 0) is 30.7 Å². The molecular formula is C15H15NO2S. The zero-order valence-electron chi connectivity index (χ0n) is 10.6. The third-order valence-electron chi connectivity index (χ3n) is 3.32. The monoisotopic (exact) mass is 273 g/mol. The number of rotatable bonds is 2. The minimum atomic E-state index is -0.707. The minimum absolute atomic E-state index is 0.0943. The van der Waals surface area contributed by atoms with E-state index in [1.807, 2.05) is 43.3 Å². The van der Waals surface area contributed by atoms with Crippen molar-refractivity contribution in [2.24, 2.45) is 0 Å². The fourth-order valence-electron chi connectivity index (χ4n) is 2.35. The highest BCUT2D eigenvalue weighted by Crippen LogP contribution is 2.52. The van der Waals surface area contributed by atoms with E-state index in [4.69, 9.17) is 0 Å². The van der Waals surface area contributed by atoms with Crippen LogP contribution in [-0.2, 0) is 4.87 Å². The Hall–Kier alpha value is -1.65. The quantitative estimate of drug-likeness (QED) is 0.787. The first-order chi connectivity index (χ1) is 9.14. The summed E-state index contributed by atoms with van der Waals surface area (Å²) in [6.45, 7) is 1.84. The largest absolute Gasteiger partial charge is 0.508 e. The van der Waals surface area contributed by atoms with Crippen LogP contribution in [0.2, 0.25) is 0 Å². The number of anilines is 1. The first-order valence-corrected chi connectivity index (χ1v) is 6.93. The number of thioether (sulfide) groups is 1. The van der Waals surface area contributed by atoms with E-state index in [2.05, 4.69) is 5.32 Å². The van der Waals surface area contributed by atoms with Crippen LogP contribution in [0.3, 0.4) is 0 Å². The van der Waals surface area contributed by atoms with Gasteiger partial charge in [-0.1, -0.05) is 36.0 Å². The SMILES string of the molecule is Cc1ccc(C2(CO)Nc3ccccc3S2)c(O)c1. The summed E-state index contributed by atoms with van der Waals surface area (Å²) in [7, 11) is 0. The van der Waals surface area contributed by atoms with Crippen LogP contribution >= 0.6 is 11.8 Å². The Morgan fingerprint density at radius 3 is 2.68 bits per heavy atom. The number of hydrogen-bond donors (Lipinski definition) is 3. The van der Waals surface area contributed by atoms with Crippen molar-refractivity contribution in [2.45, 2.75) is 16.7 Å². The number of aliphatic hydroxyl groups is 1. The predicted molar refractivity (Wildman–Crippen MR) is 77.5 cm³/mol. The van der Waals surface area contributed by atoms with Gasteiger partial charge in [-0.2, -0.15) is 0 Å². The average molecular weight is 273 g/mol. The van der Waals surface area contributed by atoms with Gasteiger partial charge in [-0.15, -0.1) is 0 Å². The highest BCUT2D eigenvalue weighted by atomic mass is 32.2. The Morgan fingerprint density at radius 2 is 2.00 bits per heavy atom. The lowest BCUT2D eigenvalue weighted by atomic mass is 10.0. The first-order valence-electron chi connectivity index (χ1n) is 6.12. The van der Waals surface area contributed by atoms with E-state index in [1.54, 1.807) is 6.07 Å². The summed E-state index contributed by atoms with van der Waals surface area (Å²) in [5.41, 5.74) is 2.69. The van der Waals surface area contributed by atoms with Crippen molar-refractivity contribution < 1.29 is 10.2 Å². The number of hydrogen-bond acceptors (Lipinski definition) is 4. The van der Waals surface area contributed by atoms with E-state index in [9.17, 15) is 10.2 Å². The molecule has 3 nitrogen and oxygen atoms in total. The molecule has 2 aromatic rings. The minimum Gasteiger partial charge on any atom is -0.508 e. The van der Waals surface area contributed by atoms with E-state index in [0.717, 1.165) is 16.1 Å². The zero-order chi connectivity index (χ0) is 13.5. The summed E-state index contributed by atoms with van der Waals surface area (Å²) in [6.07, 6.45) is 0. The molecule has 3 N–H and O–H groups in total. The molecule has 0 amide bonds. The second-order valence-electron chi connectivity index (χ2n) is 4.73. The van der Waals surface area contributed by atoms with Crippen LogP contribution in [0.25, 0.3) is 0 Å². The molecule has 0 aromatic heterocycles. The Balaban J connectivity index is 2.07. The molecule has 2 aromatic carbocycles. The second kappa shape index (κ2) is 4.47. The van der Waals surface area contributed by atoms with Crippen LogP contribution < -0.4 is 5.32 Å². The molecular weight excluding hydrogens is 258 g/mol. The topological polar surface area (TPSA) is 52.5 Å². The maximum Gasteiger partial charge on any atom is 0.141 e. The zero-order valence-corrected chi connectivity index (χ0v) is 11.4. The van der Waals surface area contributed by atoms with Gasteiger partial charge in [0.15, 0.2) is 0 Å². The first kappa shape index (κ1) is 12.4. The summed E-state index contributed by atoms with van der Waals surface area (Å²) in [5, 5.41) is 23.3. The van der Waals surface area contributed by atoms with E-state index in [0.29, 0.717) is 5.56 Å². The van der Waals surface area contributed by atoms with Gasteiger partial charge in [0.25, 0.3) is 0 Å². The number of phenolic OH excluding ortho intramolecular Hbond substituents is 1. The molecule has 0 aliphatic carbocycles. The summed E-state index contributed by atoms with van der Waals surface area (Å²) in [5.74, 6) is 0.210. The molecule has 19 heavy (non-hydrogen) atoms. The van der Waals surface area contributed by atoms with E-state index in [-0.39, 0.29) is 12.4 Å². The van der Waals surface area contributed by atoms with Crippen molar-refractivity contribution in [1.82, 2.24) is 0 Å². The molecule has 1 aliphatic rings. The Bertz CT molecular complexity index is 602. The molecule has 0 saturated carbocycles. The molecule has 0 bridgehead atoms. The summed E-state index contributed by atoms with van der Waals surface area (Å²) in [6, 6.07) is 13.4. The lowest BCUT2D eigenvalue weighted by molar-refractivity contribution is 0.260. The number of aryl methyl sites for hydroxylation is 1. The van der Waals surface area contributed by atoms with Crippen LogP contribution in [0.15, 0.2) is 47.4 Å². The number of aliphatic hydroxyl groups excluding tert-OH is 1. The van der Waals surface area contributed by atoms with Gasteiger partial charge in [0.05, 0.1) is 6.61 Å². The van der Waals surface area contributed by atoms with Crippen LogP contribution in [0.5, 0.6) is 5.75 Å². The van der Waals surface area contributed by atoms with Gasteiger partial charge >= 0.3 is 0 Å². The van der Waals surface area contributed by atoms with Gasteiger partial charge in [0, 0.05) is 16.1 Å². The highest BCUT2D eigenvalue weighted by molar-refractivity contribution is 8.00. The lowest BCUT2D eigenvalue weighted by Gasteiger charge is -2.28. The van der Waals surface area contributed by atoms with Crippen molar-refractivity contribution in [3.05, 3.63) is 53.6 Å². The Labute approximate surface area is 116 Å². The molecule has 0 spiro atoms. The lowest BCUT2D eigenvalue weighted by Crippen LogP contribution is -2.32. The fourth-order valence-corrected chi connectivity index (χ4v) is 3.61. The van der Waals surface area contributed by atoms with Crippen molar-refractivity contribution in [3.8, 4) is 5.75 Å². The number of fused-ring (bicyclic) bond motifs is 1. The Kier molecular flexibility index (Phi) is 2.92. The Morgan fingerprint density at radius 1 is 1.21 bits per heavy atom. The molecule has 1 aliphatic heterocycles. The maximum atomic E-state index is 10.2. The molecule has 1 heterocycles. The van der Waals surface area contributed by atoms with Gasteiger partial charge in [0.1, 0.15) is 10.6 Å². The number of aromatic hydroxyl groups is 1. The summed E-state index contributed by atoms with van der Waals surface area (Å²) >= 11 is 1.54. The fraction of sp³-hybridized carbons (Fsp3) is 0.200. The van der Waals surface area contributed by atoms with Crippen LogP contribution in [0.1, 0.15) is 11.1 Å². The molecule has 4 heteroatoms. The van der Waals surface area contributed by atoms with Crippen LogP contribution in [-0.4, -0.2) is 16.8 Å². The third-order valence-corrected chi connectivity index (χ3v) is 4.69. The normalized spacial score (nSPS) is 20.9. The molecule has 98 valence electrons. The van der Waals surface area contributed by atoms with Crippen molar-refractivity contribution in [3.63, 3.8) is 0 Å². The van der Waals surface area contributed by atoms with Crippen molar-refractivity contribution >= 4 is 17.4 Å². The third kappa shape index (κ3) is 1.97. The van der Waals surface area contributed by atoms with Crippen molar-refractivity contribution in [1.29, 1.82) is 0 Å². The van der Waals surface area contributed by atoms with E-state index < -0.39 is 4.87 Å². The van der Waals surface area contributed by atoms with E-state index >= 15 is 0 Å². The van der Waals surface area contributed by atoms with Gasteiger partial charge in [-0.3, -0.25) is 0 Å². The molecule has 0 radical (unpaired) electrons. The van der Waals surface area contributed by atoms with Crippen LogP contribution in [0.4, 0.5) is 5.69 Å². The molecule has 3 rings (SSSR count). The van der Waals surface area contributed by atoms with Gasteiger partial charge in [-0.25, -0.2) is 0 Å². The second-order valence-corrected chi connectivity index (χ2v) is 6.07. The molecule has 1 unspecified atom stereocenters. The van der Waals surface area contributed by atoms with Crippen molar-refractivity contribution in [2.75, 3.05) is 11.9 Å². The number of benzene rings is 2. The number of nitrogens with one attached hydrogen (secondary N) is 1. The smallest absolute Gasteiger partial charge is 0.141 e. The van der Waals surface area contributed by atoms with Gasteiger partial charge < -0.3 is 15.5 Å². The molecule has 1 atom stereocenters. The predicted octanol–water partition coefficient (Wildman–Crippen LogP) is 3.06. The standard InChI is InChI=1S/C15H15NO2S/c1-10-6-7-11(13(18)8-10)15(9-17)16-12-4-2-3-5-14(12)19-15/h2-8,16-18H,9H2,1H3.